The molecule has 1 saturated carbocycles. The normalized spacial score (nSPS) is 25.6. The molecule has 0 aromatic carbocycles. The average Bonchev–Trinajstić information content (AvgIpc) is 2.95. The van der Waals surface area contributed by atoms with Crippen LogP contribution in [0.15, 0.2) is 0 Å². The maximum Gasteiger partial charge on any atom is 0.0651 e. The summed E-state index contributed by atoms with van der Waals surface area (Å²) in [6.45, 7) is 7.39. The Morgan fingerprint density at radius 3 is 2.58 bits per heavy atom. The first-order chi connectivity index (χ1) is 9.33. The molecule has 0 radical (unpaired) electrons. The fourth-order valence-corrected chi connectivity index (χ4v) is 3.58. The third kappa shape index (κ3) is 3.47. The van der Waals surface area contributed by atoms with Gasteiger partial charge in [0.2, 0.25) is 0 Å². The first-order valence-electron chi connectivity index (χ1n) is 7.70. The molecule has 112 valence electrons. The summed E-state index contributed by atoms with van der Waals surface area (Å²) in [5.74, 6) is 5.84. The van der Waals surface area contributed by atoms with Crippen LogP contribution >= 0.6 is 0 Å². The Hall–Kier alpha value is -0.200. The second-order valence-corrected chi connectivity index (χ2v) is 5.70. The van der Waals surface area contributed by atoms with Crippen molar-refractivity contribution in [2.24, 2.45) is 5.84 Å². The van der Waals surface area contributed by atoms with Gasteiger partial charge in [0, 0.05) is 25.2 Å². The monoisotopic (exact) mass is 271 g/mol. The van der Waals surface area contributed by atoms with Gasteiger partial charge in [-0.1, -0.05) is 19.8 Å². The summed E-state index contributed by atoms with van der Waals surface area (Å²) in [6, 6.07) is 0.222. The van der Waals surface area contributed by atoms with E-state index in [4.69, 9.17) is 15.3 Å². The molecule has 0 aromatic heterocycles. The van der Waals surface area contributed by atoms with Gasteiger partial charge in [-0.05, 0) is 19.3 Å². The van der Waals surface area contributed by atoms with Crippen LogP contribution in [0.4, 0.5) is 0 Å². The molecule has 5 nitrogen and oxygen atoms in total. The van der Waals surface area contributed by atoms with Gasteiger partial charge in [0.15, 0.2) is 0 Å². The lowest BCUT2D eigenvalue weighted by Crippen LogP contribution is -2.65. The van der Waals surface area contributed by atoms with E-state index in [0.29, 0.717) is 6.61 Å². The highest BCUT2D eigenvalue weighted by Gasteiger charge is 2.46. The van der Waals surface area contributed by atoms with Crippen molar-refractivity contribution in [2.45, 2.75) is 50.6 Å². The highest BCUT2D eigenvalue weighted by molar-refractivity contribution is 5.03. The van der Waals surface area contributed by atoms with E-state index in [-0.39, 0.29) is 11.6 Å². The number of hydrazine groups is 1. The van der Waals surface area contributed by atoms with E-state index in [0.717, 1.165) is 39.3 Å². The fourth-order valence-electron chi connectivity index (χ4n) is 3.58. The van der Waals surface area contributed by atoms with Crippen molar-refractivity contribution >= 4 is 0 Å². The second-order valence-electron chi connectivity index (χ2n) is 5.70. The first kappa shape index (κ1) is 15.2. The zero-order valence-electron chi connectivity index (χ0n) is 12.2. The Labute approximate surface area is 116 Å². The summed E-state index contributed by atoms with van der Waals surface area (Å²) >= 11 is 0. The van der Waals surface area contributed by atoms with Crippen LogP contribution in [0.25, 0.3) is 0 Å². The van der Waals surface area contributed by atoms with E-state index in [9.17, 15) is 0 Å². The summed E-state index contributed by atoms with van der Waals surface area (Å²) in [5.41, 5.74) is 3.21. The van der Waals surface area contributed by atoms with Crippen LogP contribution in [0.2, 0.25) is 0 Å². The number of ether oxygens (including phenoxy) is 2. The minimum Gasteiger partial charge on any atom is -0.380 e. The summed E-state index contributed by atoms with van der Waals surface area (Å²) in [5, 5.41) is 0. The molecule has 1 unspecified atom stereocenters. The molecule has 19 heavy (non-hydrogen) atoms. The first-order valence-corrected chi connectivity index (χ1v) is 7.70. The standard InChI is InChI=1S/C14H29N3O2/c1-2-9-19-12-13(16-15)14(5-3-4-6-14)17-7-10-18-11-8-17/h13,16H,2-12,15H2,1H3. The molecule has 1 aliphatic heterocycles. The van der Waals surface area contributed by atoms with Gasteiger partial charge in [-0.2, -0.15) is 0 Å². The number of nitrogens with zero attached hydrogens (tertiary/aromatic N) is 1. The van der Waals surface area contributed by atoms with E-state index in [2.05, 4.69) is 17.2 Å². The van der Waals surface area contributed by atoms with Crippen LogP contribution in [-0.2, 0) is 9.47 Å². The maximum atomic E-state index is 5.84. The van der Waals surface area contributed by atoms with E-state index >= 15 is 0 Å². The van der Waals surface area contributed by atoms with Crippen LogP contribution in [0, 0.1) is 0 Å². The third-order valence-corrected chi connectivity index (χ3v) is 4.59. The van der Waals surface area contributed by atoms with Crippen molar-refractivity contribution in [2.75, 3.05) is 39.5 Å². The van der Waals surface area contributed by atoms with Crippen molar-refractivity contribution in [3.8, 4) is 0 Å². The van der Waals surface area contributed by atoms with Crippen molar-refractivity contribution in [1.82, 2.24) is 10.3 Å². The molecule has 2 fully saturated rings. The van der Waals surface area contributed by atoms with Crippen LogP contribution < -0.4 is 11.3 Å². The molecule has 0 amide bonds. The van der Waals surface area contributed by atoms with Crippen molar-refractivity contribution in [3.63, 3.8) is 0 Å². The van der Waals surface area contributed by atoms with Gasteiger partial charge in [-0.3, -0.25) is 16.2 Å². The zero-order valence-corrected chi connectivity index (χ0v) is 12.2. The smallest absolute Gasteiger partial charge is 0.0651 e. The van der Waals surface area contributed by atoms with Gasteiger partial charge in [0.1, 0.15) is 0 Å². The number of hydrogen-bond donors (Lipinski definition) is 2. The lowest BCUT2D eigenvalue weighted by molar-refractivity contribution is -0.0501. The molecule has 1 atom stereocenters. The lowest BCUT2D eigenvalue weighted by atomic mass is 9.86. The van der Waals surface area contributed by atoms with E-state index in [1.807, 2.05) is 0 Å². The molecule has 1 aliphatic carbocycles. The predicted molar refractivity (Wildman–Crippen MR) is 75.8 cm³/mol. The van der Waals surface area contributed by atoms with Crippen molar-refractivity contribution < 1.29 is 9.47 Å². The lowest BCUT2D eigenvalue weighted by Gasteiger charge is -2.47. The molecule has 0 aromatic rings. The molecule has 3 N–H and O–H groups in total. The molecular formula is C14H29N3O2. The molecule has 1 heterocycles. The van der Waals surface area contributed by atoms with E-state index in [1.54, 1.807) is 0 Å². The number of nitrogens with one attached hydrogen (secondary N) is 1. The summed E-state index contributed by atoms with van der Waals surface area (Å²) in [6.07, 6.45) is 6.09. The van der Waals surface area contributed by atoms with Gasteiger partial charge in [0.05, 0.1) is 25.9 Å². The molecular weight excluding hydrogens is 242 g/mol. The van der Waals surface area contributed by atoms with Crippen LogP contribution in [0.1, 0.15) is 39.0 Å². The molecule has 1 saturated heterocycles. The Morgan fingerprint density at radius 1 is 1.32 bits per heavy atom. The Morgan fingerprint density at radius 2 is 2.00 bits per heavy atom. The molecule has 2 rings (SSSR count). The third-order valence-electron chi connectivity index (χ3n) is 4.59. The Bertz CT molecular complexity index is 251. The van der Waals surface area contributed by atoms with Gasteiger partial charge in [-0.15, -0.1) is 0 Å². The topological polar surface area (TPSA) is 59.8 Å². The van der Waals surface area contributed by atoms with Gasteiger partial charge in [-0.25, -0.2) is 0 Å². The van der Waals surface area contributed by atoms with Crippen LogP contribution in [0.3, 0.4) is 0 Å². The highest BCUT2D eigenvalue weighted by Crippen LogP contribution is 2.38. The number of hydrogen-bond acceptors (Lipinski definition) is 5. The Balaban J connectivity index is 2.02. The van der Waals surface area contributed by atoms with E-state index < -0.39 is 0 Å². The van der Waals surface area contributed by atoms with Crippen molar-refractivity contribution in [3.05, 3.63) is 0 Å². The predicted octanol–water partition coefficient (Wildman–Crippen LogP) is 0.890. The van der Waals surface area contributed by atoms with Gasteiger partial charge in [0.25, 0.3) is 0 Å². The van der Waals surface area contributed by atoms with Crippen molar-refractivity contribution in [1.29, 1.82) is 0 Å². The molecule has 0 spiro atoms. The molecule has 2 aliphatic rings. The Kier molecular flexibility index (Phi) is 6.04. The average molecular weight is 271 g/mol. The molecule has 5 heteroatoms. The van der Waals surface area contributed by atoms with Crippen LogP contribution in [0.5, 0.6) is 0 Å². The minimum absolute atomic E-state index is 0.173. The minimum atomic E-state index is 0.173. The van der Waals surface area contributed by atoms with Crippen LogP contribution in [-0.4, -0.2) is 56.0 Å². The SMILES string of the molecule is CCCOCC(NN)C1(N2CCOCC2)CCCC1. The van der Waals surface area contributed by atoms with E-state index in [1.165, 1.54) is 25.7 Å². The summed E-state index contributed by atoms with van der Waals surface area (Å²) < 4.78 is 11.3. The highest BCUT2D eigenvalue weighted by atomic mass is 16.5. The fraction of sp³-hybridized carbons (Fsp3) is 1.00. The number of rotatable bonds is 7. The largest absolute Gasteiger partial charge is 0.380 e. The van der Waals surface area contributed by atoms with Gasteiger partial charge < -0.3 is 9.47 Å². The van der Waals surface area contributed by atoms with Gasteiger partial charge >= 0.3 is 0 Å². The number of morpholine rings is 1. The summed E-state index contributed by atoms with van der Waals surface area (Å²) in [7, 11) is 0. The quantitative estimate of drug-likeness (QED) is 0.409. The molecule has 0 bridgehead atoms. The summed E-state index contributed by atoms with van der Waals surface area (Å²) in [4.78, 5) is 2.59. The zero-order chi connectivity index (χ0) is 13.6. The number of nitrogens with two attached hydrogens (primary N) is 1. The maximum absolute atomic E-state index is 5.84. The second kappa shape index (κ2) is 7.55.